The molecule has 38 heavy (non-hydrogen) atoms. The van der Waals surface area contributed by atoms with Gasteiger partial charge in [-0.15, -0.1) is 0 Å². The van der Waals surface area contributed by atoms with E-state index in [-0.39, 0.29) is 18.2 Å². The molecule has 0 N–H and O–H groups in total. The average molecular weight is 581 g/mol. The van der Waals surface area contributed by atoms with Gasteiger partial charge in [-0.05, 0) is 51.9 Å². The van der Waals surface area contributed by atoms with Crippen molar-refractivity contribution in [3.8, 4) is 0 Å². The first-order chi connectivity index (χ1) is 17.4. The van der Waals surface area contributed by atoms with E-state index in [0.29, 0.717) is 0 Å². The van der Waals surface area contributed by atoms with Gasteiger partial charge in [0.25, 0.3) is 0 Å². The Morgan fingerprint density at radius 2 is 1.00 bits per heavy atom. The van der Waals surface area contributed by atoms with E-state index in [4.69, 9.17) is 9.97 Å². The normalized spacial score (nSPS) is 13.4. The minimum absolute atomic E-state index is 0.252. The summed E-state index contributed by atoms with van der Waals surface area (Å²) in [4.78, 5) is 9.71. The molecular weight excluding hydrogens is 530 g/mol. The van der Waals surface area contributed by atoms with Crippen LogP contribution >= 0.6 is 15.8 Å². The largest absolute Gasteiger partial charge is 0.256 e. The molecule has 0 atom stereocenters. The average Bonchev–Trinajstić information content (AvgIpc) is 2.79. The van der Waals surface area contributed by atoms with Crippen molar-refractivity contribution in [2.75, 3.05) is 0 Å². The molecule has 3 rings (SSSR count). The summed E-state index contributed by atoms with van der Waals surface area (Å²) in [5.41, 5.74) is 5.46. The van der Waals surface area contributed by atoms with Crippen molar-refractivity contribution in [3.05, 3.63) is 72.1 Å². The second-order valence-corrected chi connectivity index (χ2v) is 30.6. The van der Waals surface area contributed by atoms with Gasteiger partial charge in [0.05, 0.1) is 27.0 Å². The summed E-state index contributed by atoms with van der Waals surface area (Å²) >= 11 is 0. The molecule has 206 valence electrons. The molecule has 0 bridgehead atoms. The lowest BCUT2D eigenvalue weighted by atomic mass is 10.1. The lowest BCUT2D eigenvalue weighted by Crippen LogP contribution is -2.56. The number of pyridine rings is 2. The minimum atomic E-state index is -1.55. The summed E-state index contributed by atoms with van der Waals surface area (Å²) in [5, 5.41) is 3.93. The fraction of sp³-hybridized carbons (Fsp3) is 0.500. The molecule has 0 fully saturated rings. The van der Waals surface area contributed by atoms with E-state index >= 15 is 0 Å². The first kappa shape index (κ1) is 31.3. The predicted octanol–water partition coefficient (Wildman–Crippen LogP) is 7.78. The molecule has 0 aliphatic carbocycles. The highest BCUT2D eigenvalue weighted by atomic mass is 31.1. The topological polar surface area (TPSA) is 25.8 Å². The smallest absolute Gasteiger partial charge is 0.0774 e. The number of hydrogen-bond donors (Lipinski definition) is 0. The maximum Gasteiger partial charge on any atom is 0.0774 e. The van der Waals surface area contributed by atoms with Crippen LogP contribution in [0, 0.1) is 0 Å². The Morgan fingerprint density at radius 1 is 0.605 bits per heavy atom. The highest BCUT2D eigenvalue weighted by Crippen LogP contribution is 2.61. The van der Waals surface area contributed by atoms with Gasteiger partial charge in [-0.3, -0.25) is 9.97 Å². The molecule has 0 spiro atoms. The highest BCUT2D eigenvalue weighted by molar-refractivity contribution is 7.71. The fourth-order valence-electron chi connectivity index (χ4n) is 5.35. The van der Waals surface area contributed by atoms with E-state index in [1.54, 1.807) is 15.9 Å². The molecule has 0 radical (unpaired) electrons. The summed E-state index contributed by atoms with van der Waals surface area (Å²) in [5.74, 6) is 0. The number of nitrogens with zero attached hydrogens (tertiary/aromatic N) is 2. The van der Waals surface area contributed by atoms with Crippen LogP contribution in [0.1, 0.15) is 52.7 Å². The Balaban J connectivity index is 2.28. The van der Waals surface area contributed by atoms with E-state index < -0.39 is 24.1 Å². The van der Waals surface area contributed by atoms with Gasteiger partial charge in [0.2, 0.25) is 0 Å². The Hall–Kier alpha value is -1.19. The zero-order valence-corrected chi connectivity index (χ0v) is 29.8. The van der Waals surface area contributed by atoms with Gasteiger partial charge in [-0.2, -0.15) is 0 Å². The molecule has 0 amide bonds. The van der Waals surface area contributed by atoms with E-state index in [2.05, 4.69) is 117 Å². The van der Waals surface area contributed by atoms with Crippen molar-refractivity contribution in [2.24, 2.45) is 0 Å². The molecule has 6 heteroatoms. The standard InChI is InChI=1S/C32H50N2P2Si2/c1-31(2,3)36(32(4,5)6)24-26-22-28(38(10,11)12)27(37(7,8)9)21-25(26)23-35(29-17-13-15-19-33-29)30-18-14-16-20-34-30/h13-22H,23-24H2,1-12H3. The van der Waals surface area contributed by atoms with Crippen LogP contribution in [-0.2, 0) is 12.3 Å². The van der Waals surface area contributed by atoms with Gasteiger partial charge in [-0.1, -0.05) is 123 Å². The van der Waals surface area contributed by atoms with Crippen molar-refractivity contribution in [1.82, 2.24) is 9.97 Å². The highest BCUT2D eigenvalue weighted by Gasteiger charge is 2.36. The SMILES string of the molecule is CC(C)(C)P(Cc1cc([Si](C)(C)C)c([Si](C)(C)C)cc1CP(c1ccccn1)c1ccccn1)C(C)(C)C. The molecule has 0 saturated carbocycles. The molecule has 0 unspecified atom stereocenters. The molecule has 0 aliphatic heterocycles. The fourth-order valence-corrected chi connectivity index (χ4v) is 16.3. The molecule has 3 aromatic rings. The predicted molar refractivity (Wildman–Crippen MR) is 181 cm³/mol. The summed E-state index contributed by atoms with van der Waals surface area (Å²) < 4.78 is 0. The van der Waals surface area contributed by atoms with E-state index in [9.17, 15) is 0 Å². The molecule has 2 nitrogen and oxygen atoms in total. The van der Waals surface area contributed by atoms with E-state index in [0.717, 1.165) is 6.16 Å². The second-order valence-electron chi connectivity index (χ2n) is 14.6. The lowest BCUT2D eigenvalue weighted by Gasteiger charge is -2.42. The van der Waals surface area contributed by atoms with E-state index in [1.165, 1.54) is 22.6 Å². The maximum absolute atomic E-state index is 4.86. The number of benzene rings is 1. The van der Waals surface area contributed by atoms with Gasteiger partial charge in [-0.25, -0.2) is 0 Å². The summed E-state index contributed by atoms with van der Waals surface area (Å²) in [6.07, 6.45) is 6.05. The molecule has 1 aromatic carbocycles. The third-order valence-corrected chi connectivity index (χ3v) is 17.6. The first-order valence-corrected chi connectivity index (χ1v) is 24.0. The Bertz CT molecular complexity index is 1150. The zero-order valence-electron chi connectivity index (χ0n) is 26.0. The Labute approximate surface area is 238 Å². The first-order valence-electron chi connectivity index (χ1n) is 13.9. The Morgan fingerprint density at radius 3 is 1.32 bits per heavy atom. The van der Waals surface area contributed by atoms with Gasteiger partial charge >= 0.3 is 0 Å². The zero-order chi connectivity index (χ0) is 28.5. The van der Waals surface area contributed by atoms with Gasteiger partial charge in [0.1, 0.15) is 0 Å². The molecular formula is C32H50N2P2Si2. The monoisotopic (exact) mass is 580 g/mol. The quantitative estimate of drug-likeness (QED) is 0.201. The van der Waals surface area contributed by atoms with Crippen molar-refractivity contribution in [1.29, 1.82) is 0 Å². The van der Waals surface area contributed by atoms with Crippen molar-refractivity contribution >= 4 is 53.2 Å². The molecule has 0 saturated heterocycles. The lowest BCUT2D eigenvalue weighted by molar-refractivity contribution is 0.702. The van der Waals surface area contributed by atoms with Crippen LogP contribution in [0.15, 0.2) is 60.9 Å². The van der Waals surface area contributed by atoms with Crippen LogP contribution in [0.2, 0.25) is 39.3 Å². The Kier molecular flexibility index (Phi) is 9.68. The van der Waals surface area contributed by atoms with Crippen molar-refractivity contribution in [2.45, 2.75) is 103 Å². The van der Waals surface area contributed by atoms with Crippen LogP contribution in [0.4, 0.5) is 0 Å². The molecule has 2 aromatic heterocycles. The van der Waals surface area contributed by atoms with Crippen LogP contribution in [-0.4, -0.2) is 36.4 Å². The molecule has 0 aliphatic rings. The third kappa shape index (κ3) is 7.94. The number of hydrogen-bond acceptors (Lipinski definition) is 2. The van der Waals surface area contributed by atoms with Gasteiger partial charge < -0.3 is 0 Å². The van der Waals surface area contributed by atoms with E-state index in [1.807, 2.05) is 24.5 Å². The summed E-state index contributed by atoms with van der Waals surface area (Å²) in [6.45, 7) is 29.9. The maximum atomic E-state index is 4.86. The number of rotatable bonds is 8. The van der Waals surface area contributed by atoms with Crippen molar-refractivity contribution in [3.63, 3.8) is 0 Å². The summed E-state index contributed by atoms with van der Waals surface area (Å²) in [6, 6.07) is 18.0. The molecule has 2 heterocycles. The van der Waals surface area contributed by atoms with Crippen LogP contribution in [0.5, 0.6) is 0 Å². The third-order valence-electron chi connectivity index (χ3n) is 7.08. The van der Waals surface area contributed by atoms with Crippen molar-refractivity contribution < 1.29 is 0 Å². The minimum Gasteiger partial charge on any atom is -0.256 e. The van der Waals surface area contributed by atoms with Gasteiger partial charge in [0, 0.05) is 26.5 Å². The summed E-state index contributed by atoms with van der Waals surface area (Å²) in [7, 11) is -4.03. The van der Waals surface area contributed by atoms with Gasteiger partial charge in [0.15, 0.2) is 0 Å². The second kappa shape index (κ2) is 11.7. The number of aromatic nitrogens is 2. The van der Waals surface area contributed by atoms with Crippen LogP contribution in [0.3, 0.4) is 0 Å². The van der Waals surface area contributed by atoms with Crippen LogP contribution in [0.25, 0.3) is 0 Å². The van der Waals surface area contributed by atoms with Crippen LogP contribution < -0.4 is 21.2 Å².